The van der Waals surface area contributed by atoms with E-state index in [1.165, 1.54) is 20.9 Å². The molecule has 0 aliphatic heterocycles. The van der Waals surface area contributed by atoms with Crippen LogP contribution in [-0.4, -0.2) is 37.5 Å². The minimum atomic E-state index is -4.16. The van der Waals surface area contributed by atoms with E-state index >= 15 is 0 Å². The molecule has 0 aromatic heterocycles. The Morgan fingerprint density at radius 1 is 1.33 bits per heavy atom. The van der Waals surface area contributed by atoms with Crippen LogP contribution >= 0.6 is 0 Å². The molecule has 1 aromatic rings. The molecule has 0 saturated heterocycles. The van der Waals surface area contributed by atoms with Crippen LogP contribution in [0.4, 0.5) is 8.78 Å². The van der Waals surface area contributed by atoms with E-state index in [1.54, 1.807) is 0 Å². The number of aliphatic hydroxyl groups excluding tert-OH is 1. The number of aliphatic hydroxyl groups is 1. The number of halogens is 2. The molecule has 0 aliphatic rings. The van der Waals surface area contributed by atoms with Gasteiger partial charge in [-0.1, -0.05) is 0 Å². The van der Waals surface area contributed by atoms with Crippen LogP contribution in [0.2, 0.25) is 0 Å². The van der Waals surface area contributed by atoms with Crippen LogP contribution in [-0.2, 0) is 10.0 Å². The summed E-state index contributed by atoms with van der Waals surface area (Å²) in [7, 11) is -2.96. The molecule has 18 heavy (non-hydrogen) atoms. The average Bonchev–Trinajstić information content (AvgIpc) is 2.31. The Labute approximate surface area is 105 Å². The molecule has 1 N–H and O–H groups in total. The Morgan fingerprint density at radius 2 is 1.89 bits per heavy atom. The summed E-state index contributed by atoms with van der Waals surface area (Å²) in [5, 5.41) is 8.91. The third-order valence-electron chi connectivity index (χ3n) is 2.76. The minimum Gasteiger partial charge on any atom is -0.395 e. The lowest BCUT2D eigenvalue weighted by atomic mass is 10.2. The SMILES string of the molecule is Cc1cc(F)c(S(=O)(=O)N(C)C(C)CO)cc1F. The maximum Gasteiger partial charge on any atom is 0.246 e. The molecule has 7 heteroatoms. The number of likely N-dealkylation sites (N-methyl/N-ethyl adjacent to an activating group) is 1. The number of hydrogen-bond donors (Lipinski definition) is 1. The Balaban J connectivity index is 3.33. The summed E-state index contributed by atoms with van der Waals surface area (Å²) in [4.78, 5) is -0.728. The quantitative estimate of drug-likeness (QED) is 0.903. The van der Waals surface area contributed by atoms with Crippen molar-refractivity contribution >= 4 is 10.0 Å². The fourth-order valence-corrected chi connectivity index (χ4v) is 2.74. The second-order valence-corrected chi connectivity index (χ2v) is 6.05. The fourth-order valence-electron chi connectivity index (χ4n) is 1.33. The first kappa shape index (κ1) is 15.0. The standard InChI is InChI=1S/C11H15F2NO3S/c1-7-4-10(13)11(5-9(7)12)18(16,17)14(3)8(2)6-15/h4-5,8,15H,6H2,1-3H3. The van der Waals surface area contributed by atoms with Crippen LogP contribution in [0.3, 0.4) is 0 Å². The zero-order chi connectivity index (χ0) is 14.1. The molecule has 0 fully saturated rings. The van der Waals surface area contributed by atoms with E-state index in [0.717, 1.165) is 10.4 Å². The van der Waals surface area contributed by atoms with Crippen LogP contribution in [0.5, 0.6) is 0 Å². The number of benzene rings is 1. The second-order valence-electron chi connectivity index (χ2n) is 4.08. The molecule has 0 heterocycles. The lowest BCUT2D eigenvalue weighted by molar-refractivity contribution is 0.213. The maximum atomic E-state index is 13.6. The number of sulfonamides is 1. The van der Waals surface area contributed by atoms with E-state index in [4.69, 9.17) is 5.11 Å². The summed E-state index contributed by atoms with van der Waals surface area (Å²) >= 11 is 0. The van der Waals surface area contributed by atoms with Crippen LogP contribution in [0, 0.1) is 18.6 Å². The Hall–Kier alpha value is -1.05. The van der Waals surface area contributed by atoms with Crippen molar-refractivity contribution in [2.45, 2.75) is 24.8 Å². The smallest absolute Gasteiger partial charge is 0.246 e. The molecule has 0 saturated carbocycles. The molecule has 1 rings (SSSR count). The summed E-state index contributed by atoms with van der Waals surface area (Å²) in [6.45, 7) is 2.39. The van der Waals surface area contributed by atoms with Crippen molar-refractivity contribution in [1.82, 2.24) is 4.31 Å². The first-order valence-electron chi connectivity index (χ1n) is 5.26. The molecule has 1 aromatic carbocycles. The summed E-state index contributed by atoms with van der Waals surface area (Å²) in [5.41, 5.74) is 0.0318. The number of hydrogen-bond acceptors (Lipinski definition) is 3. The van der Waals surface area contributed by atoms with Gasteiger partial charge in [-0.3, -0.25) is 0 Å². The van der Waals surface area contributed by atoms with Crippen molar-refractivity contribution in [2.24, 2.45) is 0 Å². The van der Waals surface area contributed by atoms with Gasteiger partial charge >= 0.3 is 0 Å². The highest BCUT2D eigenvalue weighted by molar-refractivity contribution is 7.89. The van der Waals surface area contributed by atoms with Gasteiger partial charge in [0.05, 0.1) is 6.61 Å². The van der Waals surface area contributed by atoms with Gasteiger partial charge in [0, 0.05) is 13.1 Å². The molecule has 0 amide bonds. The average molecular weight is 279 g/mol. The summed E-state index contributed by atoms with van der Waals surface area (Å²) < 4.78 is 51.8. The van der Waals surface area contributed by atoms with Gasteiger partial charge in [-0.25, -0.2) is 17.2 Å². The molecule has 0 radical (unpaired) electrons. The van der Waals surface area contributed by atoms with Crippen molar-refractivity contribution in [2.75, 3.05) is 13.7 Å². The highest BCUT2D eigenvalue weighted by atomic mass is 32.2. The number of aryl methyl sites for hydroxylation is 1. The Bertz CT molecular complexity index is 545. The van der Waals surface area contributed by atoms with E-state index in [2.05, 4.69) is 0 Å². The highest BCUT2D eigenvalue weighted by Crippen LogP contribution is 2.22. The Morgan fingerprint density at radius 3 is 2.39 bits per heavy atom. The highest BCUT2D eigenvalue weighted by Gasteiger charge is 2.28. The van der Waals surface area contributed by atoms with Gasteiger partial charge in [-0.05, 0) is 31.5 Å². The predicted molar refractivity (Wildman–Crippen MR) is 62.6 cm³/mol. The van der Waals surface area contributed by atoms with Gasteiger partial charge < -0.3 is 5.11 Å². The molecule has 0 spiro atoms. The van der Waals surface area contributed by atoms with E-state index in [9.17, 15) is 17.2 Å². The lowest BCUT2D eigenvalue weighted by Crippen LogP contribution is -2.37. The van der Waals surface area contributed by atoms with E-state index < -0.39 is 39.2 Å². The van der Waals surface area contributed by atoms with Gasteiger partial charge in [-0.15, -0.1) is 0 Å². The second kappa shape index (κ2) is 5.29. The van der Waals surface area contributed by atoms with Crippen LogP contribution < -0.4 is 0 Å². The van der Waals surface area contributed by atoms with Crippen molar-refractivity contribution < 1.29 is 22.3 Å². The van der Waals surface area contributed by atoms with E-state index in [-0.39, 0.29) is 5.56 Å². The fraction of sp³-hybridized carbons (Fsp3) is 0.455. The van der Waals surface area contributed by atoms with Crippen molar-refractivity contribution in [3.63, 3.8) is 0 Å². The first-order valence-corrected chi connectivity index (χ1v) is 6.70. The number of nitrogens with zero attached hydrogens (tertiary/aromatic N) is 1. The largest absolute Gasteiger partial charge is 0.395 e. The van der Waals surface area contributed by atoms with Crippen molar-refractivity contribution in [3.05, 3.63) is 29.3 Å². The van der Waals surface area contributed by atoms with E-state index in [0.29, 0.717) is 6.07 Å². The topological polar surface area (TPSA) is 57.6 Å². The molecule has 1 unspecified atom stereocenters. The maximum absolute atomic E-state index is 13.6. The normalized spacial score (nSPS) is 13.9. The minimum absolute atomic E-state index is 0.0318. The summed E-state index contributed by atoms with van der Waals surface area (Å²) in [5.74, 6) is -1.80. The van der Waals surface area contributed by atoms with Gasteiger partial charge in [0.2, 0.25) is 10.0 Å². The molecule has 0 bridgehead atoms. The third-order valence-corrected chi connectivity index (χ3v) is 4.74. The predicted octanol–water partition coefficient (Wildman–Crippen LogP) is 1.27. The van der Waals surface area contributed by atoms with Crippen LogP contribution in [0.1, 0.15) is 12.5 Å². The van der Waals surface area contributed by atoms with Crippen molar-refractivity contribution in [3.8, 4) is 0 Å². The number of rotatable bonds is 4. The lowest BCUT2D eigenvalue weighted by Gasteiger charge is -2.22. The first-order chi connectivity index (χ1) is 8.21. The summed E-state index contributed by atoms with van der Waals surface area (Å²) in [6.07, 6.45) is 0. The zero-order valence-electron chi connectivity index (χ0n) is 10.3. The van der Waals surface area contributed by atoms with E-state index in [1.807, 2.05) is 0 Å². The summed E-state index contributed by atoms with van der Waals surface area (Å²) in [6, 6.07) is 0.763. The van der Waals surface area contributed by atoms with Gasteiger partial charge in [0.25, 0.3) is 0 Å². The molecular formula is C11H15F2NO3S. The molecule has 0 aliphatic carbocycles. The molecule has 4 nitrogen and oxygen atoms in total. The van der Waals surface area contributed by atoms with Gasteiger partial charge in [-0.2, -0.15) is 4.31 Å². The van der Waals surface area contributed by atoms with Crippen LogP contribution in [0.25, 0.3) is 0 Å². The Kier molecular flexibility index (Phi) is 4.41. The monoisotopic (exact) mass is 279 g/mol. The molecule has 102 valence electrons. The zero-order valence-corrected chi connectivity index (χ0v) is 11.1. The molecule has 1 atom stereocenters. The van der Waals surface area contributed by atoms with Gasteiger partial charge in [0.15, 0.2) is 0 Å². The molecular weight excluding hydrogens is 264 g/mol. The van der Waals surface area contributed by atoms with Crippen molar-refractivity contribution in [1.29, 1.82) is 0 Å². The third kappa shape index (κ3) is 2.68. The van der Waals surface area contributed by atoms with Gasteiger partial charge in [0.1, 0.15) is 16.5 Å². The van der Waals surface area contributed by atoms with Crippen LogP contribution in [0.15, 0.2) is 17.0 Å².